The number of carbonyl (C=O) groups is 6. The molecule has 3 aromatic carbocycles. The van der Waals surface area contributed by atoms with Crippen molar-refractivity contribution in [2.75, 3.05) is 59.2 Å². The van der Waals surface area contributed by atoms with Crippen molar-refractivity contribution in [3.8, 4) is 0 Å². The van der Waals surface area contributed by atoms with Crippen molar-refractivity contribution in [1.29, 1.82) is 0 Å². The van der Waals surface area contributed by atoms with Gasteiger partial charge >= 0.3 is 6.03 Å². The van der Waals surface area contributed by atoms with E-state index in [1.807, 2.05) is 9.80 Å². The van der Waals surface area contributed by atoms with E-state index >= 15 is 0 Å². The molecule has 12 atom stereocenters. The number of morpholine rings is 1. The third-order valence-corrected chi connectivity index (χ3v) is 20.9. The zero-order valence-electron chi connectivity index (χ0n) is 52.4. The highest BCUT2D eigenvalue weighted by Crippen LogP contribution is 2.43. The number of halogens is 9. The Balaban J connectivity index is 0.000000154. The maximum absolute atomic E-state index is 14.0. The first kappa shape index (κ1) is 70.2. The minimum atomic E-state index is -1.31. The zero-order chi connectivity index (χ0) is 67.3. The fourth-order valence-electron chi connectivity index (χ4n) is 15.6. The van der Waals surface area contributed by atoms with Gasteiger partial charge in [-0.3, -0.25) is 24.0 Å². The maximum Gasteiger partial charge on any atom is 0.317 e. The van der Waals surface area contributed by atoms with Crippen molar-refractivity contribution in [2.24, 2.45) is 40.9 Å². The van der Waals surface area contributed by atoms with E-state index in [0.29, 0.717) is 122 Å². The summed E-state index contributed by atoms with van der Waals surface area (Å²) < 4.78 is 132. The van der Waals surface area contributed by atoms with Gasteiger partial charge in [0.15, 0.2) is 34.9 Å². The highest BCUT2D eigenvalue weighted by atomic mass is 19.2. The maximum atomic E-state index is 14.0. The Hall–Kier alpha value is -6.59. The van der Waals surface area contributed by atoms with Gasteiger partial charge in [-0.2, -0.15) is 0 Å². The van der Waals surface area contributed by atoms with Gasteiger partial charge in [0.25, 0.3) is 5.91 Å². The van der Waals surface area contributed by atoms with Gasteiger partial charge in [0.05, 0.1) is 32.8 Å². The molecule has 10 N–H and O–H groups in total. The molecule has 1 aliphatic carbocycles. The lowest BCUT2D eigenvalue weighted by molar-refractivity contribution is -0.139. The molecule has 3 aromatic rings. The van der Waals surface area contributed by atoms with Crippen molar-refractivity contribution in [1.82, 2.24) is 35.6 Å². The van der Waals surface area contributed by atoms with Gasteiger partial charge < -0.3 is 67.3 Å². The topological polar surface area (TPSA) is 268 Å². The summed E-state index contributed by atoms with van der Waals surface area (Å²) in [6.45, 7) is 2.92. The van der Waals surface area contributed by atoms with Gasteiger partial charge in [-0.05, 0) is 175 Å². The van der Waals surface area contributed by atoms with Gasteiger partial charge in [0, 0.05) is 105 Å². The highest BCUT2D eigenvalue weighted by Gasteiger charge is 2.50. The molecule has 8 saturated heterocycles. The molecular formula is C66H85F9N10O9. The zero-order valence-corrected chi connectivity index (χ0v) is 52.4. The molecule has 7 amide bonds. The molecule has 9 aliphatic rings. The summed E-state index contributed by atoms with van der Waals surface area (Å²) in [5.74, 6) is -10.3. The molecule has 9 fully saturated rings. The molecule has 94 heavy (non-hydrogen) atoms. The van der Waals surface area contributed by atoms with Crippen molar-refractivity contribution in [3.05, 3.63) is 105 Å². The summed E-state index contributed by atoms with van der Waals surface area (Å²) >= 11 is 0. The molecule has 516 valence electrons. The normalized spacial score (nSPS) is 26.8. The number of nitrogens with zero attached hydrogens (tertiary/aromatic N) is 4. The molecule has 0 spiro atoms. The Morgan fingerprint density at radius 1 is 0.447 bits per heavy atom. The Bertz CT molecular complexity index is 3070. The SMILES string of the molecule is N[C@H](Cc1cc(F)c(F)cc1F)C1C[C@H]2CC[C@@H](C1)N2C(=O)CNC(=O)C1(O)CC1.N[C@H](Cc1cc(F)c(F)cc1F)C1C[C@H]2CC[C@@H](C1)N2C(=O)CNC(=O)C1CCOCC1.N[C@H](Cc1cc(F)c(F)cc1F)C1C[C@H]2CC[C@@H](C1)N2C(=O)CNC(=O)N1CCOCC1. The number of rotatable bonds is 17. The standard InChI is InChI=1S/C23H30F3N3O3.C22H29F3N4O3.C21H26F3N3O3/c24-18-11-20(26)19(25)9-14(18)10-21(27)15-7-16-1-2-17(8-15)29(16)22(30)12-28-23(31)13-3-5-32-6-4-13;23-17-11-19(25)18(24)9-13(17)10-20(26)14-7-15-1-2-16(8-14)29(15)21(30)12-27-22(31)28-3-5-32-6-4-28;22-15-9-17(24)16(23)7-11(15)8-18(25)12-5-13-1-2-14(6-12)27(13)19(28)10-26-20(29)21(30)3-4-21/h9,11,13,15-17,21H,1-8,10,12,27H2,(H,28,31);9,11,14-16,20H,1-8,10,12,26H2,(H,27,31);7,9,12-14,18,30H,1-6,8,10,25H2,(H,26,29)/t15?,16-,17+,21-;14?,15-,16+,20-;12?,13-,14+,18-/m111/s1. The summed E-state index contributed by atoms with van der Waals surface area (Å²) in [5, 5.41) is 17.8. The number of hydrogen-bond donors (Lipinski definition) is 7. The highest BCUT2D eigenvalue weighted by molar-refractivity contribution is 5.91. The Labute approximate surface area is 539 Å². The fraction of sp³-hybridized carbons (Fsp3) is 0.636. The van der Waals surface area contributed by atoms with Gasteiger partial charge in [0.1, 0.15) is 23.1 Å². The minimum absolute atomic E-state index is 0.0111. The van der Waals surface area contributed by atoms with E-state index in [2.05, 4.69) is 16.0 Å². The predicted molar refractivity (Wildman–Crippen MR) is 323 cm³/mol. The Morgan fingerprint density at radius 3 is 1.10 bits per heavy atom. The van der Waals surface area contributed by atoms with Crippen LogP contribution in [0.15, 0.2) is 36.4 Å². The summed E-state index contributed by atoms with van der Waals surface area (Å²) in [6, 6.07) is 2.79. The van der Waals surface area contributed by atoms with E-state index in [9.17, 15) is 73.4 Å². The van der Waals surface area contributed by atoms with Gasteiger partial charge in [-0.25, -0.2) is 44.3 Å². The van der Waals surface area contributed by atoms with E-state index in [1.54, 1.807) is 9.80 Å². The van der Waals surface area contributed by atoms with Crippen molar-refractivity contribution in [3.63, 3.8) is 0 Å². The van der Waals surface area contributed by atoms with Crippen LogP contribution in [-0.4, -0.2) is 179 Å². The Morgan fingerprint density at radius 2 is 0.755 bits per heavy atom. The number of hydrogen-bond acceptors (Lipinski definition) is 12. The van der Waals surface area contributed by atoms with E-state index in [0.717, 1.165) is 56.7 Å². The van der Waals surface area contributed by atoms with Crippen LogP contribution in [0.25, 0.3) is 0 Å². The monoisotopic (exact) mass is 1330 g/mol. The second-order valence-corrected chi connectivity index (χ2v) is 27.0. The van der Waals surface area contributed by atoms with Gasteiger partial charge in [-0.15, -0.1) is 0 Å². The number of piperidine rings is 3. The average molecular weight is 1330 g/mol. The number of fused-ring (bicyclic) bond motifs is 6. The molecule has 0 aromatic heterocycles. The lowest BCUT2D eigenvalue weighted by Gasteiger charge is -2.41. The molecule has 8 heterocycles. The van der Waals surface area contributed by atoms with Crippen molar-refractivity contribution in [2.45, 2.75) is 182 Å². The third-order valence-electron chi connectivity index (χ3n) is 20.9. The van der Waals surface area contributed by atoms with Crippen molar-refractivity contribution >= 4 is 35.6 Å². The number of nitrogens with two attached hydrogens (primary N) is 3. The molecule has 3 unspecified atom stereocenters. The van der Waals surface area contributed by atoms with Crippen LogP contribution in [0, 0.1) is 76.0 Å². The number of ether oxygens (including phenoxy) is 2. The molecule has 6 bridgehead atoms. The van der Waals surface area contributed by atoms with Crippen molar-refractivity contribution < 1.29 is 82.9 Å². The smallest absolute Gasteiger partial charge is 0.317 e. The number of carbonyl (C=O) groups excluding carboxylic acids is 6. The van der Waals surface area contributed by atoms with E-state index < -0.39 is 82.0 Å². The predicted octanol–water partition coefficient (Wildman–Crippen LogP) is 5.46. The third kappa shape index (κ3) is 16.8. The van der Waals surface area contributed by atoms with E-state index in [4.69, 9.17) is 26.7 Å². The molecule has 12 rings (SSSR count). The number of aliphatic hydroxyl groups is 1. The number of urea groups is 1. The quantitative estimate of drug-likeness (QED) is 0.0657. The van der Waals surface area contributed by atoms with Gasteiger partial charge in [-0.1, -0.05) is 0 Å². The summed E-state index contributed by atoms with van der Waals surface area (Å²) in [4.78, 5) is 81.9. The van der Waals surface area contributed by atoms with Gasteiger partial charge in [0.2, 0.25) is 23.6 Å². The van der Waals surface area contributed by atoms with E-state index in [-0.39, 0.29) is 145 Å². The number of amides is 7. The van der Waals surface area contributed by atoms with Crippen LogP contribution in [0.1, 0.15) is 119 Å². The van der Waals surface area contributed by atoms with E-state index in [1.165, 1.54) is 0 Å². The fourth-order valence-corrected chi connectivity index (χ4v) is 15.6. The van der Waals surface area contributed by atoms with Crippen LogP contribution in [0.4, 0.5) is 44.3 Å². The number of nitrogens with one attached hydrogen (secondary N) is 3. The molecule has 28 heteroatoms. The first-order chi connectivity index (χ1) is 44.8. The summed E-state index contributed by atoms with van der Waals surface area (Å²) in [6.07, 6.45) is 11.6. The minimum Gasteiger partial charge on any atom is -0.381 e. The summed E-state index contributed by atoms with van der Waals surface area (Å²) in [7, 11) is 0. The van der Waals surface area contributed by atoms with Crippen LogP contribution in [-0.2, 0) is 52.7 Å². The Kier molecular flexibility index (Phi) is 22.9. The lowest BCUT2D eigenvalue weighted by atomic mass is 9.82. The van der Waals surface area contributed by atoms with Crippen LogP contribution < -0.4 is 33.2 Å². The average Bonchev–Trinajstić information content (AvgIpc) is 1.62. The number of benzene rings is 3. The molecule has 0 radical (unpaired) electrons. The first-order valence-electron chi connectivity index (χ1n) is 32.9. The molecule has 19 nitrogen and oxygen atoms in total. The second kappa shape index (κ2) is 30.6. The lowest BCUT2D eigenvalue weighted by Crippen LogP contribution is -2.54. The molecule has 1 saturated carbocycles. The van der Waals surface area contributed by atoms with Crippen LogP contribution in [0.5, 0.6) is 0 Å². The van der Waals surface area contributed by atoms with Crippen LogP contribution >= 0.6 is 0 Å². The second-order valence-electron chi connectivity index (χ2n) is 27.0. The molecular weight excluding hydrogens is 1250 g/mol. The summed E-state index contributed by atoms with van der Waals surface area (Å²) in [5.41, 5.74) is 17.8. The van der Waals surface area contributed by atoms with Crippen LogP contribution in [0.2, 0.25) is 0 Å². The van der Waals surface area contributed by atoms with Crippen LogP contribution in [0.3, 0.4) is 0 Å². The molecule has 8 aliphatic heterocycles. The first-order valence-corrected chi connectivity index (χ1v) is 32.9. The largest absolute Gasteiger partial charge is 0.381 e.